The molecule has 0 spiro atoms. The number of aliphatic imine (C=N–C) groups is 1. The molecule has 2 atom stereocenters. The number of nitrogens with one attached hydrogen (secondary N) is 2. The number of aromatic nitrogens is 3. The third-order valence-electron chi connectivity index (χ3n) is 3.94. The molecule has 0 radical (unpaired) electrons. The molecule has 2 N–H and O–H groups in total. The fourth-order valence-electron chi connectivity index (χ4n) is 2.54. The lowest BCUT2D eigenvalue weighted by Crippen LogP contribution is -2.39. The Morgan fingerprint density at radius 1 is 1.38 bits per heavy atom. The Labute approximate surface area is 167 Å². The molecule has 2 unspecified atom stereocenters. The predicted molar refractivity (Wildman–Crippen MR) is 110 cm³/mol. The minimum atomic E-state index is 0. The van der Waals surface area contributed by atoms with Gasteiger partial charge in [0.1, 0.15) is 18.7 Å². The highest BCUT2D eigenvalue weighted by atomic mass is 127. The molecule has 1 aromatic carbocycles. The first-order valence-corrected chi connectivity index (χ1v) is 8.60. The monoisotopic (exact) mass is 504 g/mol. The van der Waals surface area contributed by atoms with E-state index in [9.17, 15) is 0 Å². The van der Waals surface area contributed by atoms with Crippen molar-refractivity contribution in [3.8, 4) is 0 Å². The summed E-state index contributed by atoms with van der Waals surface area (Å²) in [7, 11) is 1.88. The average molecular weight is 505 g/mol. The van der Waals surface area contributed by atoms with Crippen molar-refractivity contribution in [1.82, 2.24) is 25.4 Å². The molecule has 1 aromatic heterocycles. The molecule has 6 nitrogen and oxygen atoms in total. The van der Waals surface area contributed by atoms with E-state index < -0.39 is 0 Å². The Balaban J connectivity index is 0.00000208. The highest BCUT2D eigenvalue weighted by molar-refractivity contribution is 14.0. The number of hydrogen-bond donors (Lipinski definition) is 2. The summed E-state index contributed by atoms with van der Waals surface area (Å²) in [6.07, 6.45) is 2.69. The fourth-order valence-corrected chi connectivity index (χ4v) is 2.81. The minimum Gasteiger partial charge on any atom is -0.357 e. The van der Waals surface area contributed by atoms with Crippen LogP contribution in [0.3, 0.4) is 0 Å². The lowest BCUT2D eigenvalue weighted by atomic mass is 10.1. The van der Waals surface area contributed by atoms with E-state index >= 15 is 0 Å². The second-order valence-electron chi connectivity index (χ2n) is 5.64. The average Bonchev–Trinajstić information content (AvgIpc) is 3.18. The molecule has 8 heteroatoms. The zero-order chi connectivity index (χ0) is 16.2. The maximum Gasteiger partial charge on any atom is 0.191 e. The summed E-state index contributed by atoms with van der Waals surface area (Å²) in [5.74, 6) is 2.24. The van der Waals surface area contributed by atoms with Gasteiger partial charge in [-0.25, -0.2) is 9.98 Å². The number of guanidine groups is 1. The number of rotatable bonds is 5. The Kier molecular flexibility index (Phi) is 7.02. The van der Waals surface area contributed by atoms with Gasteiger partial charge in [-0.3, -0.25) is 4.68 Å². The van der Waals surface area contributed by atoms with E-state index in [0.717, 1.165) is 29.2 Å². The molecule has 0 bridgehead atoms. The molecule has 1 aliphatic rings. The third-order valence-corrected chi connectivity index (χ3v) is 4.47. The van der Waals surface area contributed by atoms with Crippen molar-refractivity contribution in [3.63, 3.8) is 0 Å². The van der Waals surface area contributed by atoms with Gasteiger partial charge < -0.3 is 10.6 Å². The van der Waals surface area contributed by atoms with E-state index in [1.165, 1.54) is 5.56 Å². The van der Waals surface area contributed by atoms with Gasteiger partial charge >= 0.3 is 0 Å². The van der Waals surface area contributed by atoms with Crippen LogP contribution < -0.4 is 10.6 Å². The highest BCUT2D eigenvalue weighted by Crippen LogP contribution is 2.40. The summed E-state index contributed by atoms with van der Waals surface area (Å²) in [6, 6.07) is 8.99. The second kappa shape index (κ2) is 8.80. The van der Waals surface area contributed by atoms with Gasteiger partial charge in [0.05, 0.1) is 0 Å². The summed E-state index contributed by atoms with van der Waals surface area (Å²) in [5.41, 5.74) is 1.37. The van der Waals surface area contributed by atoms with Crippen molar-refractivity contribution in [3.05, 3.63) is 46.5 Å². The first kappa shape index (κ1) is 19.2. The number of hydrogen-bond acceptors (Lipinski definition) is 3. The zero-order valence-electron chi connectivity index (χ0n) is 13.7. The van der Waals surface area contributed by atoms with Crippen LogP contribution in [0.5, 0.6) is 0 Å². The van der Waals surface area contributed by atoms with Gasteiger partial charge in [0.25, 0.3) is 0 Å². The number of benzene rings is 1. The number of aryl methyl sites for hydroxylation is 1. The minimum absolute atomic E-state index is 0. The van der Waals surface area contributed by atoms with Crippen LogP contribution in [0.15, 0.2) is 40.1 Å². The molecule has 24 heavy (non-hydrogen) atoms. The van der Waals surface area contributed by atoms with Gasteiger partial charge in [-0.2, -0.15) is 5.10 Å². The molecule has 1 saturated carbocycles. The van der Waals surface area contributed by atoms with Gasteiger partial charge in [-0.15, -0.1) is 24.0 Å². The van der Waals surface area contributed by atoms with E-state index in [0.29, 0.717) is 18.5 Å². The van der Waals surface area contributed by atoms with Crippen LogP contribution in [0, 0.1) is 0 Å². The Bertz CT molecular complexity index is 684. The normalized spacial score (nSPS) is 19.5. The Morgan fingerprint density at radius 3 is 2.75 bits per heavy atom. The van der Waals surface area contributed by atoms with Crippen molar-refractivity contribution in [2.75, 3.05) is 6.54 Å². The van der Waals surface area contributed by atoms with Gasteiger partial charge in [0.2, 0.25) is 0 Å². The van der Waals surface area contributed by atoms with Crippen molar-refractivity contribution in [2.45, 2.75) is 31.8 Å². The standard InChI is InChI=1S/C16H21BrN6.HI/c1-3-18-16(19-9-15-20-10-21-23(15)2)22-14-8-13(14)11-4-6-12(17)7-5-11;/h4-7,10,13-14H,3,8-9H2,1-2H3,(H2,18,19,22);1H. The summed E-state index contributed by atoms with van der Waals surface area (Å²) in [5, 5.41) is 10.9. The maximum atomic E-state index is 4.60. The van der Waals surface area contributed by atoms with Crippen LogP contribution in [0.4, 0.5) is 0 Å². The highest BCUT2D eigenvalue weighted by Gasteiger charge is 2.38. The van der Waals surface area contributed by atoms with Crippen molar-refractivity contribution < 1.29 is 0 Å². The first-order valence-electron chi connectivity index (χ1n) is 7.80. The fraction of sp³-hybridized carbons (Fsp3) is 0.438. The summed E-state index contributed by atoms with van der Waals surface area (Å²) in [6.45, 7) is 3.42. The van der Waals surface area contributed by atoms with E-state index in [-0.39, 0.29) is 24.0 Å². The second-order valence-corrected chi connectivity index (χ2v) is 6.56. The van der Waals surface area contributed by atoms with Gasteiger partial charge in [0, 0.05) is 30.0 Å². The van der Waals surface area contributed by atoms with Crippen molar-refractivity contribution in [2.24, 2.45) is 12.0 Å². The molecular weight excluding hydrogens is 483 g/mol. The van der Waals surface area contributed by atoms with Crippen LogP contribution in [0.2, 0.25) is 0 Å². The SMILES string of the molecule is CCNC(=NCc1ncnn1C)NC1CC1c1ccc(Br)cc1.I. The molecule has 1 heterocycles. The molecule has 0 amide bonds. The van der Waals surface area contributed by atoms with Crippen LogP contribution in [-0.2, 0) is 13.6 Å². The van der Waals surface area contributed by atoms with Gasteiger partial charge in [-0.05, 0) is 31.0 Å². The lowest BCUT2D eigenvalue weighted by molar-refractivity contribution is 0.696. The predicted octanol–water partition coefficient (Wildman–Crippen LogP) is 2.81. The molecule has 2 aromatic rings. The molecule has 0 aliphatic heterocycles. The van der Waals surface area contributed by atoms with Crippen LogP contribution in [-0.4, -0.2) is 33.3 Å². The molecule has 3 rings (SSSR count). The molecule has 0 saturated heterocycles. The van der Waals surface area contributed by atoms with Crippen molar-refractivity contribution >= 4 is 45.9 Å². The van der Waals surface area contributed by atoms with Crippen LogP contribution in [0.1, 0.15) is 30.7 Å². The smallest absolute Gasteiger partial charge is 0.191 e. The largest absolute Gasteiger partial charge is 0.357 e. The summed E-state index contributed by atoms with van der Waals surface area (Å²) < 4.78 is 2.86. The Morgan fingerprint density at radius 2 is 2.12 bits per heavy atom. The van der Waals surface area contributed by atoms with E-state index in [2.05, 4.69) is 72.8 Å². The zero-order valence-corrected chi connectivity index (χ0v) is 17.7. The molecule has 130 valence electrons. The maximum absolute atomic E-state index is 4.60. The molecule has 1 fully saturated rings. The van der Waals surface area contributed by atoms with E-state index in [4.69, 9.17) is 0 Å². The van der Waals surface area contributed by atoms with E-state index in [1.807, 2.05) is 7.05 Å². The van der Waals surface area contributed by atoms with Crippen LogP contribution in [0.25, 0.3) is 0 Å². The summed E-state index contributed by atoms with van der Waals surface area (Å²) in [4.78, 5) is 8.80. The summed E-state index contributed by atoms with van der Waals surface area (Å²) >= 11 is 3.48. The first-order chi connectivity index (χ1) is 11.2. The third kappa shape index (κ3) is 4.92. The van der Waals surface area contributed by atoms with Gasteiger partial charge in [-0.1, -0.05) is 28.1 Å². The molecule has 1 aliphatic carbocycles. The quantitative estimate of drug-likeness (QED) is 0.373. The van der Waals surface area contributed by atoms with Crippen LogP contribution >= 0.6 is 39.9 Å². The molecular formula is C16H22BrIN6. The topological polar surface area (TPSA) is 67.1 Å². The van der Waals surface area contributed by atoms with E-state index in [1.54, 1.807) is 11.0 Å². The number of halogens is 2. The van der Waals surface area contributed by atoms with Gasteiger partial charge in [0.15, 0.2) is 5.96 Å². The number of nitrogens with zero attached hydrogens (tertiary/aromatic N) is 4. The lowest BCUT2D eigenvalue weighted by Gasteiger charge is -2.11. The Hall–Kier alpha value is -1.16. The van der Waals surface area contributed by atoms with Crippen molar-refractivity contribution in [1.29, 1.82) is 0 Å².